The fourth-order valence-corrected chi connectivity index (χ4v) is 3.42. The van der Waals surface area contributed by atoms with Crippen LogP contribution in [0, 0.1) is 25.2 Å². The lowest BCUT2D eigenvalue weighted by Gasteiger charge is -2.11. The van der Waals surface area contributed by atoms with Gasteiger partial charge in [0.1, 0.15) is 11.4 Å². The number of para-hydroxylation sites is 1. The molecule has 1 N–H and O–H groups in total. The Morgan fingerprint density at radius 1 is 1.03 bits per heavy atom. The van der Waals surface area contributed by atoms with Crippen LogP contribution >= 0.6 is 0 Å². The molecular weight excluding hydrogens is 400 g/mol. The number of rotatable bonds is 5. The number of nitrogens with zero attached hydrogens (tertiary/aromatic N) is 3. The Kier molecular flexibility index (Phi) is 5.73. The topological polar surface area (TPSA) is 79.9 Å². The van der Waals surface area contributed by atoms with Crippen molar-refractivity contribution in [3.05, 3.63) is 95.2 Å². The highest BCUT2D eigenvalue weighted by Gasteiger charge is 2.20. The first-order valence-corrected chi connectivity index (χ1v) is 10.1. The van der Waals surface area contributed by atoms with E-state index in [9.17, 15) is 10.1 Å². The fourth-order valence-electron chi connectivity index (χ4n) is 3.42. The number of nitrogens with one attached hydrogen (secondary N) is 1. The van der Waals surface area contributed by atoms with Crippen LogP contribution in [0.1, 0.15) is 27.0 Å². The number of methoxy groups -OCH3 is 1. The Morgan fingerprint density at radius 2 is 1.81 bits per heavy atom. The van der Waals surface area contributed by atoms with Crippen molar-refractivity contribution in [1.29, 1.82) is 5.26 Å². The van der Waals surface area contributed by atoms with E-state index in [2.05, 4.69) is 11.4 Å². The van der Waals surface area contributed by atoms with Crippen LogP contribution in [0.3, 0.4) is 0 Å². The zero-order chi connectivity index (χ0) is 22.7. The van der Waals surface area contributed by atoms with E-state index < -0.39 is 0 Å². The Labute approximate surface area is 186 Å². The Hall–Kier alpha value is -4.37. The minimum absolute atomic E-state index is 0.339. The van der Waals surface area contributed by atoms with Crippen molar-refractivity contribution in [2.45, 2.75) is 13.8 Å². The normalized spacial score (nSPS) is 10.4. The first-order valence-electron chi connectivity index (χ1n) is 10.1. The maximum absolute atomic E-state index is 13.4. The van der Waals surface area contributed by atoms with Gasteiger partial charge >= 0.3 is 0 Å². The van der Waals surface area contributed by atoms with Gasteiger partial charge in [-0.1, -0.05) is 30.3 Å². The van der Waals surface area contributed by atoms with Crippen LogP contribution in [0.15, 0.2) is 72.9 Å². The minimum Gasteiger partial charge on any atom is -0.495 e. The quantitative estimate of drug-likeness (QED) is 0.474. The number of carbonyl (C=O) groups excluding carboxylic acids is 1. The summed E-state index contributed by atoms with van der Waals surface area (Å²) in [6, 6.07) is 22.6. The van der Waals surface area contributed by atoms with Gasteiger partial charge in [-0.05, 0) is 61.4 Å². The summed E-state index contributed by atoms with van der Waals surface area (Å²) in [4.78, 5) is 13.4. The molecule has 3 aromatic carbocycles. The first-order chi connectivity index (χ1) is 15.5. The van der Waals surface area contributed by atoms with E-state index in [1.165, 1.54) is 12.7 Å². The van der Waals surface area contributed by atoms with Gasteiger partial charge in [0.25, 0.3) is 5.91 Å². The van der Waals surface area contributed by atoms with Crippen molar-refractivity contribution in [1.82, 2.24) is 9.78 Å². The summed E-state index contributed by atoms with van der Waals surface area (Å²) < 4.78 is 7.05. The summed E-state index contributed by atoms with van der Waals surface area (Å²) >= 11 is 0. The summed E-state index contributed by atoms with van der Waals surface area (Å²) in [5, 5.41) is 16.8. The first kappa shape index (κ1) is 20.9. The number of ether oxygens (including phenoxy) is 1. The number of hydrogen-bond donors (Lipinski definition) is 1. The SMILES string of the molecule is COc1ccc(C#N)cc1NC(=O)c1cn(-c2ccccc2)nc1-c1ccc(C)c(C)c1. The van der Waals surface area contributed by atoms with Gasteiger partial charge in [0.15, 0.2) is 0 Å². The smallest absolute Gasteiger partial charge is 0.259 e. The molecule has 0 bridgehead atoms. The predicted octanol–water partition coefficient (Wildman–Crippen LogP) is 5.29. The molecule has 32 heavy (non-hydrogen) atoms. The maximum Gasteiger partial charge on any atom is 0.259 e. The highest BCUT2D eigenvalue weighted by molar-refractivity contribution is 6.08. The molecule has 4 rings (SSSR count). The molecule has 0 aliphatic carbocycles. The molecule has 0 atom stereocenters. The fraction of sp³-hybridized carbons (Fsp3) is 0.115. The standard InChI is InChI=1S/C26H22N4O2/c1-17-9-11-20(13-18(17)2)25-22(16-30(29-25)21-7-5-4-6-8-21)26(31)28-23-14-19(15-27)10-12-24(23)32-3/h4-14,16H,1-3H3,(H,28,31). The zero-order valence-corrected chi connectivity index (χ0v) is 18.1. The van der Waals surface area contributed by atoms with Crippen molar-refractivity contribution in [2.75, 3.05) is 12.4 Å². The average Bonchev–Trinajstić information content (AvgIpc) is 3.27. The molecule has 0 saturated heterocycles. The van der Waals surface area contributed by atoms with E-state index in [0.717, 1.165) is 16.8 Å². The molecule has 0 saturated carbocycles. The lowest BCUT2D eigenvalue weighted by molar-refractivity contribution is 0.102. The number of anilines is 1. The van der Waals surface area contributed by atoms with Gasteiger partial charge in [-0.15, -0.1) is 0 Å². The van der Waals surface area contributed by atoms with Crippen LogP contribution < -0.4 is 10.1 Å². The summed E-state index contributed by atoms with van der Waals surface area (Å²) in [5.74, 6) is 0.134. The molecule has 1 amide bonds. The molecular formula is C26H22N4O2. The second-order valence-corrected chi connectivity index (χ2v) is 7.45. The van der Waals surface area contributed by atoms with Gasteiger partial charge in [0.05, 0.1) is 35.7 Å². The maximum atomic E-state index is 13.4. The van der Waals surface area contributed by atoms with Crippen LogP contribution in [-0.4, -0.2) is 22.8 Å². The highest BCUT2D eigenvalue weighted by atomic mass is 16.5. The summed E-state index contributed by atoms with van der Waals surface area (Å²) in [6.45, 7) is 4.08. The molecule has 1 heterocycles. The minimum atomic E-state index is -0.339. The lowest BCUT2D eigenvalue weighted by Crippen LogP contribution is -2.13. The molecule has 1 aromatic heterocycles. The number of amides is 1. The molecule has 6 nitrogen and oxygen atoms in total. The van der Waals surface area contributed by atoms with Crippen LogP contribution in [-0.2, 0) is 0 Å². The molecule has 4 aromatic rings. The second kappa shape index (κ2) is 8.78. The predicted molar refractivity (Wildman–Crippen MR) is 124 cm³/mol. The molecule has 0 fully saturated rings. The number of aromatic nitrogens is 2. The zero-order valence-electron chi connectivity index (χ0n) is 18.1. The highest BCUT2D eigenvalue weighted by Crippen LogP contribution is 2.29. The van der Waals surface area contributed by atoms with Crippen molar-refractivity contribution in [3.8, 4) is 28.8 Å². The third-order valence-electron chi connectivity index (χ3n) is 5.34. The molecule has 0 unspecified atom stereocenters. The third kappa shape index (κ3) is 4.09. The Bertz CT molecular complexity index is 1330. The van der Waals surface area contributed by atoms with Crippen molar-refractivity contribution >= 4 is 11.6 Å². The van der Waals surface area contributed by atoms with Gasteiger partial charge in [-0.2, -0.15) is 10.4 Å². The molecule has 0 aliphatic heterocycles. The van der Waals surface area contributed by atoms with Crippen LogP contribution in [0.2, 0.25) is 0 Å². The van der Waals surface area contributed by atoms with Gasteiger partial charge in [0.2, 0.25) is 0 Å². The summed E-state index contributed by atoms with van der Waals surface area (Å²) in [5.41, 5.74) is 5.83. The number of nitriles is 1. The van der Waals surface area contributed by atoms with E-state index in [-0.39, 0.29) is 5.91 Å². The molecule has 0 radical (unpaired) electrons. The van der Waals surface area contributed by atoms with Crippen molar-refractivity contribution in [2.24, 2.45) is 0 Å². The summed E-state index contributed by atoms with van der Waals surface area (Å²) in [6.07, 6.45) is 1.72. The monoisotopic (exact) mass is 422 g/mol. The van der Waals surface area contributed by atoms with Crippen LogP contribution in [0.25, 0.3) is 16.9 Å². The second-order valence-electron chi connectivity index (χ2n) is 7.45. The molecule has 0 spiro atoms. The lowest BCUT2D eigenvalue weighted by atomic mass is 10.0. The van der Waals surface area contributed by atoms with E-state index >= 15 is 0 Å². The van der Waals surface area contributed by atoms with Gasteiger partial charge in [-0.25, -0.2) is 4.68 Å². The van der Waals surface area contributed by atoms with Crippen LogP contribution in [0.4, 0.5) is 5.69 Å². The average molecular weight is 422 g/mol. The van der Waals surface area contributed by atoms with Crippen molar-refractivity contribution in [3.63, 3.8) is 0 Å². The van der Waals surface area contributed by atoms with Gasteiger partial charge in [0, 0.05) is 11.8 Å². The largest absolute Gasteiger partial charge is 0.495 e. The molecule has 158 valence electrons. The number of benzene rings is 3. The van der Waals surface area contributed by atoms with Gasteiger partial charge in [-0.3, -0.25) is 4.79 Å². The molecule has 6 heteroatoms. The van der Waals surface area contributed by atoms with E-state index in [4.69, 9.17) is 9.84 Å². The molecule has 0 aliphatic rings. The Balaban J connectivity index is 1.80. The van der Waals surface area contributed by atoms with E-state index in [0.29, 0.717) is 28.3 Å². The Morgan fingerprint density at radius 3 is 2.50 bits per heavy atom. The van der Waals surface area contributed by atoms with Gasteiger partial charge < -0.3 is 10.1 Å². The number of carbonyl (C=O) groups is 1. The number of hydrogen-bond acceptors (Lipinski definition) is 4. The van der Waals surface area contributed by atoms with Crippen molar-refractivity contribution < 1.29 is 9.53 Å². The number of aryl methyl sites for hydroxylation is 2. The summed E-state index contributed by atoms with van der Waals surface area (Å²) in [7, 11) is 1.52. The van der Waals surface area contributed by atoms with E-state index in [1.807, 2.05) is 62.4 Å². The van der Waals surface area contributed by atoms with E-state index in [1.54, 1.807) is 29.1 Å². The van der Waals surface area contributed by atoms with Crippen LogP contribution in [0.5, 0.6) is 5.75 Å². The third-order valence-corrected chi connectivity index (χ3v) is 5.34.